The topological polar surface area (TPSA) is 61.8 Å². The van der Waals surface area contributed by atoms with Crippen LogP contribution in [0.25, 0.3) is 10.8 Å². The van der Waals surface area contributed by atoms with Crippen molar-refractivity contribution in [2.45, 2.75) is 17.8 Å². The molecule has 2 unspecified atom stereocenters. The fourth-order valence-corrected chi connectivity index (χ4v) is 4.72. The van der Waals surface area contributed by atoms with E-state index >= 15 is 0 Å². The molecule has 3 aromatic carbocycles. The average molecular weight is 422 g/mol. The Balaban J connectivity index is 1.55. The van der Waals surface area contributed by atoms with Gasteiger partial charge in [-0.2, -0.15) is 5.10 Å². The number of nitrogens with zero attached hydrogens (tertiary/aromatic N) is 2. The van der Waals surface area contributed by atoms with E-state index < -0.39 is 5.37 Å². The summed E-state index contributed by atoms with van der Waals surface area (Å²) in [7, 11) is 0. The number of imide groups is 1. The van der Waals surface area contributed by atoms with Crippen LogP contribution in [0.2, 0.25) is 5.02 Å². The highest BCUT2D eigenvalue weighted by Gasteiger charge is 2.42. The first kappa shape index (κ1) is 18.2. The van der Waals surface area contributed by atoms with Gasteiger partial charge in [-0.3, -0.25) is 19.9 Å². The first-order chi connectivity index (χ1) is 14.1. The molecule has 0 aliphatic carbocycles. The van der Waals surface area contributed by atoms with Crippen LogP contribution in [0.4, 0.5) is 4.79 Å². The summed E-state index contributed by atoms with van der Waals surface area (Å²) < 4.78 is 0. The summed E-state index contributed by atoms with van der Waals surface area (Å²) in [6.45, 7) is 0. The maximum absolute atomic E-state index is 12.3. The summed E-state index contributed by atoms with van der Waals surface area (Å²) in [5.41, 5.74) is 2.91. The van der Waals surface area contributed by atoms with Gasteiger partial charge < -0.3 is 0 Å². The lowest BCUT2D eigenvalue weighted by Gasteiger charge is -2.26. The van der Waals surface area contributed by atoms with Crippen molar-refractivity contribution in [3.63, 3.8) is 0 Å². The Morgan fingerprint density at radius 1 is 1.00 bits per heavy atom. The van der Waals surface area contributed by atoms with Crippen molar-refractivity contribution < 1.29 is 9.59 Å². The number of hydrogen-bond donors (Lipinski definition) is 1. The predicted octanol–water partition coefficient (Wildman–Crippen LogP) is 4.95. The quantitative estimate of drug-likeness (QED) is 0.649. The largest absolute Gasteiger partial charge is 0.288 e. The molecule has 1 saturated heterocycles. The molecule has 2 aliphatic heterocycles. The molecule has 0 spiro atoms. The Bertz CT molecular complexity index is 1160. The highest BCUT2D eigenvalue weighted by atomic mass is 35.5. The predicted molar refractivity (Wildman–Crippen MR) is 116 cm³/mol. The van der Waals surface area contributed by atoms with Gasteiger partial charge in [0.1, 0.15) is 0 Å². The second kappa shape index (κ2) is 7.21. The molecule has 5 rings (SSSR count). The zero-order valence-corrected chi connectivity index (χ0v) is 16.8. The highest BCUT2D eigenvalue weighted by molar-refractivity contribution is 8.15. The first-order valence-electron chi connectivity index (χ1n) is 9.20. The van der Waals surface area contributed by atoms with Gasteiger partial charge in [0.2, 0.25) is 0 Å². The van der Waals surface area contributed by atoms with Crippen LogP contribution in [0.5, 0.6) is 0 Å². The van der Waals surface area contributed by atoms with E-state index in [9.17, 15) is 9.59 Å². The second-order valence-electron chi connectivity index (χ2n) is 7.01. The molecule has 2 heterocycles. The van der Waals surface area contributed by atoms with E-state index in [-0.39, 0.29) is 17.2 Å². The highest BCUT2D eigenvalue weighted by Crippen LogP contribution is 2.39. The van der Waals surface area contributed by atoms with Crippen LogP contribution >= 0.6 is 23.4 Å². The number of amides is 2. The molecular formula is C22H16ClN3O2S. The van der Waals surface area contributed by atoms with Gasteiger partial charge in [0.15, 0.2) is 5.37 Å². The Labute approximate surface area is 176 Å². The van der Waals surface area contributed by atoms with Gasteiger partial charge in [-0.15, -0.1) is 0 Å². The van der Waals surface area contributed by atoms with Gasteiger partial charge in [0.25, 0.3) is 11.1 Å². The molecule has 1 N–H and O–H groups in total. The van der Waals surface area contributed by atoms with E-state index in [1.165, 1.54) is 0 Å². The van der Waals surface area contributed by atoms with Crippen molar-refractivity contribution in [3.8, 4) is 0 Å². The van der Waals surface area contributed by atoms with Crippen LogP contribution in [0.15, 0.2) is 71.8 Å². The van der Waals surface area contributed by atoms with Crippen LogP contribution in [-0.2, 0) is 4.79 Å². The Kier molecular flexibility index (Phi) is 4.53. The number of benzene rings is 3. The molecule has 29 heavy (non-hydrogen) atoms. The number of nitrogens with one attached hydrogen (secondary N) is 1. The molecule has 3 aromatic rings. The first-order valence-corrected chi connectivity index (χ1v) is 10.5. The third-order valence-corrected chi connectivity index (χ3v) is 6.41. The van der Waals surface area contributed by atoms with Crippen LogP contribution in [-0.4, -0.2) is 27.2 Å². The van der Waals surface area contributed by atoms with Crippen LogP contribution in [0.1, 0.15) is 23.6 Å². The number of halogens is 1. The third kappa shape index (κ3) is 3.39. The normalized spacial score (nSPS) is 21.6. The number of carbonyl (C=O) groups excluding carboxylic acids is 2. The number of rotatable bonds is 3. The number of thioether (sulfide) groups is 1. The standard InChI is InChI=1S/C22H16ClN3O2S/c23-17-9-7-14(8-10-17)19-12-18(25-26(19)21-20(27)24-22(28)29-21)16-6-5-13-3-1-2-4-15(13)11-16/h1-11,19,21H,12H2,(H,24,27,28). The molecule has 0 bridgehead atoms. The minimum absolute atomic E-state index is 0.150. The monoisotopic (exact) mass is 421 g/mol. The molecule has 0 aromatic heterocycles. The summed E-state index contributed by atoms with van der Waals surface area (Å²) in [6, 6.07) is 21.8. The molecule has 2 amide bonds. The van der Waals surface area contributed by atoms with Crippen LogP contribution in [0, 0.1) is 0 Å². The number of hydrogen-bond acceptors (Lipinski definition) is 5. The smallest absolute Gasteiger partial charge is 0.284 e. The van der Waals surface area contributed by atoms with E-state index in [0.717, 1.165) is 39.4 Å². The van der Waals surface area contributed by atoms with Gasteiger partial charge >= 0.3 is 0 Å². The molecule has 0 saturated carbocycles. The van der Waals surface area contributed by atoms with E-state index in [2.05, 4.69) is 35.6 Å². The van der Waals surface area contributed by atoms with Crippen LogP contribution < -0.4 is 5.32 Å². The third-order valence-electron chi connectivity index (χ3n) is 5.19. The Morgan fingerprint density at radius 2 is 1.76 bits per heavy atom. The van der Waals surface area contributed by atoms with Gasteiger partial charge in [0.05, 0.1) is 11.8 Å². The molecule has 5 nitrogen and oxygen atoms in total. The lowest BCUT2D eigenvalue weighted by molar-refractivity contribution is -0.122. The number of carbonyl (C=O) groups is 2. The molecule has 144 valence electrons. The average Bonchev–Trinajstić information content (AvgIpc) is 3.31. The molecule has 0 radical (unpaired) electrons. The van der Waals surface area contributed by atoms with Crippen molar-refractivity contribution in [2.75, 3.05) is 0 Å². The zero-order chi connectivity index (χ0) is 20.0. The van der Waals surface area contributed by atoms with Crippen molar-refractivity contribution >= 4 is 51.0 Å². The zero-order valence-electron chi connectivity index (χ0n) is 15.2. The second-order valence-corrected chi connectivity index (χ2v) is 8.50. The summed E-state index contributed by atoms with van der Waals surface area (Å²) in [6.07, 6.45) is 0.637. The minimum Gasteiger partial charge on any atom is -0.284 e. The van der Waals surface area contributed by atoms with Crippen molar-refractivity contribution in [1.29, 1.82) is 0 Å². The van der Waals surface area contributed by atoms with E-state index in [1.807, 2.05) is 36.4 Å². The van der Waals surface area contributed by atoms with Crippen molar-refractivity contribution in [2.24, 2.45) is 5.10 Å². The van der Waals surface area contributed by atoms with Gasteiger partial charge in [-0.25, -0.2) is 0 Å². The van der Waals surface area contributed by atoms with Crippen molar-refractivity contribution in [3.05, 3.63) is 82.9 Å². The fourth-order valence-electron chi connectivity index (χ4n) is 3.76. The fraction of sp³-hybridized carbons (Fsp3) is 0.136. The Hall–Kier alpha value is -2.83. The molecule has 2 aliphatic rings. The van der Waals surface area contributed by atoms with Gasteiger partial charge in [-0.1, -0.05) is 60.1 Å². The summed E-state index contributed by atoms with van der Waals surface area (Å²) in [4.78, 5) is 24.1. The van der Waals surface area contributed by atoms with Gasteiger partial charge in [-0.05, 0) is 51.9 Å². The van der Waals surface area contributed by atoms with Gasteiger partial charge in [0, 0.05) is 11.4 Å². The van der Waals surface area contributed by atoms with Crippen LogP contribution in [0.3, 0.4) is 0 Å². The molecule has 1 fully saturated rings. The van der Waals surface area contributed by atoms with Crippen molar-refractivity contribution in [1.82, 2.24) is 10.3 Å². The minimum atomic E-state index is -0.680. The summed E-state index contributed by atoms with van der Waals surface area (Å²) in [5, 5.41) is 10.8. The number of fused-ring (bicyclic) bond motifs is 1. The SMILES string of the molecule is O=C1NC(=O)C(N2N=C(c3ccc4ccccc4c3)CC2c2ccc(Cl)cc2)S1. The Morgan fingerprint density at radius 3 is 2.48 bits per heavy atom. The number of hydrazone groups is 1. The maximum Gasteiger partial charge on any atom is 0.288 e. The lowest BCUT2D eigenvalue weighted by Crippen LogP contribution is -2.36. The van der Waals surface area contributed by atoms with E-state index in [0.29, 0.717) is 11.4 Å². The van der Waals surface area contributed by atoms with E-state index in [4.69, 9.17) is 16.7 Å². The summed E-state index contributed by atoms with van der Waals surface area (Å²) >= 11 is 7.01. The lowest BCUT2D eigenvalue weighted by atomic mass is 9.97. The molecular weight excluding hydrogens is 406 g/mol. The molecule has 2 atom stereocenters. The maximum atomic E-state index is 12.3. The molecule has 7 heteroatoms. The summed E-state index contributed by atoms with van der Waals surface area (Å²) in [5.74, 6) is -0.331. The van der Waals surface area contributed by atoms with E-state index in [1.54, 1.807) is 5.01 Å².